The van der Waals surface area contributed by atoms with Crippen molar-refractivity contribution in [2.45, 2.75) is 25.7 Å². The Morgan fingerprint density at radius 1 is 0.955 bits per heavy atom. The van der Waals surface area contributed by atoms with Crippen LogP contribution in [0.3, 0.4) is 0 Å². The van der Waals surface area contributed by atoms with E-state index >= 15 is 0 Å². The minimum Gasteiger partial charge on any atom is -0.496 e. The lowest BCUT2D eigenvalue weighted by molar-refractivity contribution is -0.140. The number of ether oxygens (including phenoxy) is 2. The van der Waals surface area contributed by atoms with Crippen molar-refractivity contribution in [2.24, 2.45) is 0 Å². The molecule has 0 saturated heterocycles. The van der Waals surface area contributed by atoms with Crippen LogP contribution in [0, 0.1) is 0 Å². The Morgan fingerprint density at radius 2 is 1.59 bits per heavy atom. The van der Waals surface area contributed by atoms with Crippen molar-refractivity contribution in [2.75, 3.05) is 14.2 Å². The van der Waals surface area contributed by atoms with Crippen LogP contribution in [0.2, 0.25) is 0 Å². The number of carbonyl (C=O) groups excluding carboxylic acids is 2. The second kappa shape index (κ2) is 7.59. The standard InChI is InChI=1S/C18H20O4/c1-21-17-12-14-8-4-3-7-13(14)11-15(17)16(19)9-5-6-10-18(20)22-2/h3-4,7-8,11-12H,5-6,9-10H2,1-2H3. The van der Waals surface area contributed by atoms with Gasteiger partial charge < -0.3 is 9.47 Å². The van der Waals surface area contributed by atoms with E-state index < -0.39 is 0 Å². The van der Waals surface area contributed by atoms with Crippen LogP contribution in [-0.2, 0) is 9.53 Å². The van der Waals surface area contributed by atoms with Crippen LogP contribution >= 0.6 is 0 Å². The van der Waals surface area contributed by atoms with Gasteiger partial charge in [0.25, 0.3) is 0 Å². The van der Waals surface area contributed by atoms with Crippen LogP contribution < -0.4 is 4.74 Å². The van der Waals surface area contributed by atoms with Gasteiger partial charge in [-0.25, -0.2) is 0 Å². The fourth-order valence-electron chi connectivity index (χ4n) is 2.40. The Hall–Kier alpha value is -2.36. The highest BCUT2D eigenvalue weighted by Crippen LogP contribution is 2.27. The molecule has 0 aliphatic heterocycles. The molecule has 0 spiro atoms. The minimum atomic E-state index is -0.240. The maximum Gasteiger partial charge on any atom is 0.305 e. The predicted octanol–water partition coefficient (Wildman–Crippen LogP) is 3.76. The van der Waals surface area contributed by atoms with Crippen LogP contribution in [0.1, 0.15) is 36.0 Å². The summed E-state index contributed by atoms with van der Waals surface area (Å²) in [5.74, 6) is 0.389. The molecule has 4 heteroatoms. The van der Waals surface area contributed by atoms with Gasteiger partial charge in [-0.15, -0.1) is 0 Å². The van der Waals surface area contributed by atoms with Gasteiger partial charge in [-0.05, 0) is 35.7 Å². The zero-order valence-electron chi connectivity index (χ0n) is 12.9. The topological polar surface area (TPSA) is 52.6 Å². The third kappa shape index (κ3) is 3.85. The molecule has 0 atom stereocenters. The van der Waals surface area contributed by atoms with E-state index in [9.17, 15) is 9.59 Å². The zero-order chi connectivity index (χ0) is 15.9. The number of rotatable bonds is 7. The lowest BCUT2D eigenvalue weighted by Gasteiger charge is -2.09. The number of ketones is 1. The first kappa shape index (κ1) is 16.0. The fraction of sp³-hybridized carbons (Fsp3) is 0.333. The van der Waals surface area contributed by atoms with Gasteiger partial charge >= 0.3 is 5.97 Å². The summed E-state index contributed by atoms with van der Waals surface area (Å²) >= 11 is 0. The SMILES string of the molecule is COC(=O)CCCCC(=O)c1cc2ccccc2cc1OC. The van der Waals surface area contributed by atoms with Gasteiger partial charge in [0.05, 0.1) is 19.8 Å². The summed E-state index contributed by atoms with van der Waals surface area (Å²) < 4.78 is 9.92. The monoisotopic (exact) mass is 300 g/mol. The molecule has 2 aromatic rings. The quantitative estimate of drug-likeness (QED) is 0.444. The van der Waals surface area contributed by atoms with E-state index in [4.69, 9.17) is 4.74 Å². The maximum absolute atomic E-state index is 12.4. The van der Waals surface area contributed by atoms with Crippen LogP contribution in [0.25, 0.3) is 10.8 Å². The fourth-order valence-corrected chi connectivity index (χ4v) is 2.40. The molecule has 2 rings (SSSR count). The molecule has 2 aromatic carbocycles. The smallest absolute Gasteiger partial charge is 0.305 e. The van der Waals surface area contributed by atoms with Crippen molar-refractivity contribution in [3.63, 3.8) is 0 Å². The Labute approximate surface area is 130 Å². The minimum absolute atomic E-state index is 0.0347. The van der Waals surface area contributed by atoms with Gasteiger partial charge in [-0.1, -0.05) is 24.3 Å². The van der Waals surface area contributed by atoms with E-state index in [-0.39, 0.29) is 11.8 Å². The number of fused-ring (bicyclic) bond motifs is 1. The molecule has 0 saturated carbocycles. The van der Waals surface area contributed by atoms with Crippen molar-refractivity contribution in [3.05, 3.63) is 42.0 Å². The molecule has 0 unspecified atom stereocenters. The largest absolute Gasteiger partial charge is 0.496 e. The number of unbranched alkanes of at least 4 members (excludes halogenated alkanes) is 1. The summed E-state index contributed by atoms with van der Waals surface area (Å²) in [6.45, 7) is 0. The van der Waals surface area contributed by atoms with Crippen molar-refractivity contribution in [3.8, 4) is 5.75 Å². The molecule has 0 bridgehead atoms. The average Bonchev–Trinajstić information content (AvgIpc) is 2.56. The number of esters is 1. The lowest BCUT2D eigenvalue weighted by atomic mass is 10.00. The van der Waals surface area contributed by atoms with Crippen LogP contribution in [0.5, 0.6) is 5.75 Å². The van der Waals surface area contributed by atoms with E-state index in [2.05, 4.69) is 4.74 Å². The Balaban J connectivity index is 2.08. The first-order valence-corrected chi connectivity index (χ1v) is 7.32. The molecule has 0 fully saturated rings. The molecule has 0 amide bonds. The molecular weight excluding hydrogens is 280 g/mol. The molecule has 116 valence electrons. The molecule has 22 heavy (non-hydrogen) atoms. The molecule has 0 aromatic heterocycles. The third-order valence-electron chi connectivity index (χ3n) is 3.63. The second-order valence-electron chi connectivity index (χ2n) is 5.11. The van der Waals surface area contributed by atoms with E-state index in [1.54, 1.807) is 7.11 Å². The molecule has 0 aliphatic rings. The van der Waals surface area contributed by atoms with Gasteiger partial charge in [-0.3, -0.25) is 9.59 Å². The average molecular weight is 300 g/mol. The summed E-state index contributed by atoms with van der Waals surface area (Å²) in [7, 11) is 2.94. The first-order chi connectivity index (χ1) is 10.7. The Kier molecular flexibility index (Phi) is 5.53. The number of hydrogen-bond donors (Lipinski definition) is 0. The first-order valence-electron chi connectivity index (χ1n) is 7.32. The molecular formula is C18H20O4. The molecule has 0 radical (unpaired) electrons. The number of carbonyl (C=O) groups is 2. The number of methoxy groups -OCH3 is 2. The molecule has 4 nitrogen and oxygen atoms in total. The van der Waals surface area contributed by atoms with E-state index in [1.807, 2.05) is 36.4 Å². The van der Waals surface area contributed by atoms with Crippen molar-refractivity contribution in [1.82, 2.24) is 0 Å². The van der Waals surface area contributed by atoms with Crippen LogP contribution in [0.15, 0.2) is 36.4 Å². The van der Waals surface area contributed by atoms with Gasteiger partial charge in [0.2, 0.25) is 0 Å². The number of Topliss-reactive ketones (excluding diaryl/α,β-unsaturated/α-hetero) is 1. The van der Waals surface area contributed by atoms with E-state index in [0.29, 0.717) is 37.0 Å². The Morgan fingerprint density at radius 3 is 2.23 bits per heavy atom. The summed E-state index contributed by atoms with van der Waals surface area (Å²) in [6, 6.07) is 11.6. The zero-order valence-corrected chi connectivity index (χ0v) is 12.9. The normalized spacial score (nSPS) is 10.5. The maximum atomic E-state index is 12.4. The Bertz CT molecular complexity index is 676. The molecule has 0 aliphatic carbocycles. The summed E-state index contributed by atoms with van der Waals surface area (Å²) in [4.78, 5) is 23.4. The van der Waals surface area contributed by atoms with E-state index in [1.165, 1.54) is 7.11 Å². The van der Waals surface area contributed by atoms with Gasteiger partial charge in [-0.2, -0.15) is 0 Å². The molecule has 0 N–H and O–H groups in total. The second-order valence-corrected chi connectivity index (χ2v) is 5.11. The highest BCUT2D eigenvalue weighted by molar-refractivity contribution is 6.02. The highest BCUT2D eigenvalue weighted by atomic mass is 16.5. The van der Waals surface area contributed by atoms with Gasteiger partial charge in [0.1, 0.15) is 5.75 Å². The third-order valence-corrected chi connectivity index (χ3v) is 3.63. The van der Waals surface area contributed by atoms with Crippen molar-refractivity contribution < 1.29 is 19.1 Å². The molecule has 0 heterocycles. The van der Waals surface area contributed by atoms with Crippen molar-refractivity contribution >= 4 is 22.5 Å². The number of benzene rings is 2. The van der Waals surface area contributed by atoms with E-state index in [0.717, 1.165) is 10.8 Å². The predicted molar refractivity (Wildman–Crippen MR) is 85.3 cm³/mol. The lowest BCUT2D eigenvalue weighted by Crippen LogP contribution is -2.04. The van der Waals surface area contributed by atoms with Gasteiger partial charge in [0.15, 0.2) is 5.78 Å². The van der Waals surface area contributed by atoms with Gasteiger partial charge in [0, 0.05) is 12.8 Å². The highest BCUT2D eigenvalue weighted by Gasteiger charge is 2.13. The summed E-state index contributed by atoms with van der Waals surface area (Å²) in [6.07, 6.45) is 2.04. The van der Waals surface area contributed by atoms with Crippen LogP contribution in [0.4, 0.5) is 0 Å². The number of hydrogen-bond acceptors (Lipinski definition) is 4. The summed E-state index contributed by atoms with van der Waals surface area (Å²) in [5.41, 5.74) is 0.597. The van der Waals surface area contributed by atoms with Crippen molar-refractivity contribution in [1.29, 1.82) is 0 Å². The van der Waals surface area contributed by atoms with Crippen LogP contribution in [-0.4, -0.2) is 26.0 Å². The summed E-state index contributed by atoms with van der Waals surface area (Å²) in [5, 5.41) is 2.06.